The van der Waals surface area contributed by atoms with Crippen molar-refractivity contribution in [1.29, 1.82) is 0 Å². The minimum Gasteiger partial charge on any atom is -0.462 e. The lowest BCUT2D eigenvalue weighted by Gasteiger charge is -2.54. The second kappa shape index (κ2) is 6.07. The molecular weight excluding hydrogens is 324 g/mol. The first-order valence-electron chi connectivity index (χ1n) is 10.3. The van der Waals surface area contributed by atoms with Crippen LogP contribution >= 0.6 is 0 Å². The molecule has 3 fully saturated rings. The molecule has 3 saturated carbocycles. The molecule has 4 aliphatic carbocycles. The molecule has 0 spiro atoms. The molecule has 0 bridgehead atoms. The van der Waals surface area contributed by atoms with Gasteiger partial charge in [-0.1, -0.05) is 37.1 Å². The molecule has 0 N–H and O–H groups in total. The summed E-state index contributed by atoms with van der Waals surface area (Å²) in [5, 5.41) is 0. The van der Waals surface area contributed by atoms with Gasteiger partial charge in [0.15, 0.2) is 0 Å². The normalized spacial score (nSPS) is 44.2. The van der Waals surface area contributed by atoms with E-state index in [1.807, 2.05) is 0 Å². The average molecular weight is 357 g/mol. The van der Waals surface area contributed by atoms with Gasteiger partial charge < -0.3 is 4.74 Å². The number of Topliss-reactive ketones (excluding diaryl/α,β-unsaturated/α-hetero) is 1. The quantitative estimate of drug-likeness (QED) is 0.654. The monoisotopic (exact) mass is 356 g/mol. The summed E-state index contributed by atoms with van der Waals surface area (Å²) in [5.74, 6) is 1.63. The third kappa shape index (κ3) is 2.53. The van der Waals surface area contributed by atoms with E-state index in [1.54, 1.807) is 12.5 Å². The number of hydrogen-bond acceptors (Lipinski definition) is 3. The van der Waals surface area contributed by atoms with Gasteiger partial charge in [0.2, 0.25) is 0 Å². The van der Waals surface area contributed by atoms with E-state index in [-0.39, 0.29) is 28.8 Å². The zero-order valence-corrected chi connectivity index (χ0v) is 16.6. The molecule has 26 heavy (non-hydrogen) atoms. The Labute approximate surface area is 157 Å². The molecule has 0 radical (unpaired) electrons. The summed E-state index contributed by atoms with van der Waals surface area (Å²) in [6, 6.07) is 0. The zero-order chi connectivity index (χ0) is 18.7. The summed E-state index contributed by atoms with van der Waals surface area (Å²) in [4.78, 5) is 23.6. The van der Waals surface area contributed by atoms with Crippen molar-refractivity contribution in [1.82, 2.24) is 0 Å². The number of fused-ring (bicyclic) bond motifs is 5. The van der Waals surface area contributed by atoms with Gasteiger partial charge in [-0.25, -0.2) is 0 Å². The maximum Gasteiger partial charge on any atom is 0.302 e. The molecule has 142 valence electrons. The van der Waals surface area contributed by atoms with E-state index in [0.717, 1.165) is 25.7 Å². The van der Waals surface area contributed by atoms with E-state index >= 15 is 0 Å². The number of hydrogen-bond donors (Lipinski definition) is 0. The Bertz CT molecular complexity index is 702. The lowest BCUT2D eigenvalue weighted by atomic mass is 9.50. The molecular formula is C23H32O3. The number of ether oxygens (including phenoxy) is 1. The number of carbonyl (C=O) groups excluding carboxylic acids is 2. The third-order valence-electron chi connectivity index (χ3n) is 8.35. The van der Waals surface area contributed by atoms with Gasteiger partial charge in [0.25, 0.3) is 0 Å². The van der Waals surface area contributed by atoms with Crippen molar-refractivity contribution in [3.63, 3.8) is 0 Å². The van der Waals surface area contributed by atoms with E-state index in [1.165, 1.54) is 31.8 Å². The minimum absolute atomic E-state index is 0.0456. The maximum absolute atomic E-state index is 12.2. The average Bonchev–Trinajstić information content (AvgIpc) is 2.92. The Morgan fingerprint density at radius 2 is 1.77 bits per heavy atom. The molecule has 3 heteroatoms. The highest BCUT2D eigenvalue weighted by molar-refractivity contribution is 5.79. The first-order chi connectivity index (χ1) is 12.3. The number of esters is 1. The summed E-state index contributed by atoms with van der Waals surface area (Å²) < 4.78 is 5.51. The van der Waals surface area contributed by atoms with Gasteiger partial charge in [-0.2, -0.15) is 0 Å². The summed E-state index contributed by atoms with van der Waals surface area (Å²) in [7, 11) is 0. The van der Waals surface area contributed by atoms with Gasteiger partial charge in [-0.05, 0) is 68.1 Å². The Kier molecular flexibility index (Phi) is 4.20. The molecule has 0 aliphatic heterocycles. The van der Waals surface area contributed by atoms with E-state index in [0.29, 0.717) is 17.6 Å². The van der Waals surface area contributed by atoms with Gasteiger partial charge in [0, 0.05) is 19.3 Å². The topological polar surface area (TPSA) is 43.4 Å². The van der Waals surface area contributed by atoms with Crippen molar-refractivity contribution in [2.45, 2.75) is 78.7 Å². The van der Waals surface area contributed by atoms with Gasteiger partial charge in [-0.3, -0.25) is 9.59 Å². The highest BCUT2D eigenvalue weighted by Crippen LogP contribution is 2.65. The van der Waals surface area contributed by atoms with E-state index in [4.69, 9.17) is 4.74 Å². The second-order valence-corrected chi connectivity index (χ2v) is 9.64. The summed E-state index contributed by atoms with van der Waals surface area (Å²) >= 11 is 0. The fourth-order valence-corrected chi connectivity index (χ4v) is 6.97. The predicted octanol–water partition coefficient (Wildman–Crippen LogP) is 5.01. The fraction of sp³-hybridized carbons (Fsp3) is 0.739. The van der Waals surface area contributed by atoms with E-state index < -0.39 is 0 Å². The van der Waals surface area contributed by atoms with Crippen LogP contribution in [0.5, 0.6) is 0 Å². The number of ketones is 1. The van der Waals surface area contributed by atoms with Crippen molar-refractivity contribution in [2.75, 3.05) is 0 Å². The lowest BCUT2D eigenvalue weighted by Crippen LogP contribution is -2.46. The maximum atomic E-state index is 12.2. The van der Waals surface area contributed by atoms with Crippen molar-refractivity contribution < 1.29 is 14.3 Å². The van der Waals surface area contributed by atoms with E-state index in [2.05, 4.69) is 26.0 Å². The van der Waals surface area contributed by atoms with Crippen LogP contribution in [0.1, 0.15) is 72.6 Å². The molecule has 0 unspecified atom stereocenters. The summed E-state index contributed by atoms with van der Waals surface area (Å²) in [6.07, 6.45) is 12.3. The Hall–Kier alpha value is -1.38. The molecule has 0 aromatic heterocycles. The SMILES string of the molecule is CC(=O)O[C@@H]1CC[C@]2(C)C(=CC=C3[C@H]4CC[C@H](C(C)=O)[C@@]4(C)CC[C@@H]32)C1. The number of carbonyl (C=O) groups is 2. The van der Waals surface area contributed by atoms with Gasteiger partial charge in [-0.15, -0.1) is 0 Å². The van der Waals surface area contributed by atoms with E-state index in [9.17, 15) is 9.59 Å². The molecule has 0 aromatic rings. The van der Waals surface area contributed by atoms with Crippen LogP contribution in [0.2, 0.25) is 0 Å². The van der Waals surface area contributed by atoms with Crippen molar-refractivity contribution >= 4 is 11.8 Å². The number of rotatable bonds is 2. The van der Waals surface area contributed by atoms with Crippen LogP contribution in [0, 0.1) is 28.6 Å². The van der Waals surface area contributed by atoms with Gasteiger partial charge in [0.1, 0.15) is 11.9 Å². The fourth-order valence-electron chi connectivity index (χ4n) is 6.97. The van der Waals surface area contributed by atoms with Crippen LogP contribution in [0.25, 0.3) is 0 Å². The Balaban J connectivity index is 1.64. The molecule has 6 atom stereocenters. The molecule has 4 aliphatic rings. The molecule has 0 amide bonds. The molecule has 0 heterocycles. The molecule has 4 rings (SSSR count). The highest BCUT2D eigenvalue weighted by atomic mass is 16.5. The minimum atomic E-state index is -0.166. The molecule has 0 saturated heterocycles. The first-order valence-corrected chi connectivity index (χ1v) is 10.3. The van der Waals surface area contributed by atoms with Crippen molar-refractivity contribution in [3.8, 4) is 0 Å². The standard InChI is InChI=1S/C23H32O3/c1-14(24)19-7-8-20-18-6-5-16-13-17(26-15(2)25)9-11-22(16,3)21(18)10-12-23(19,20)4/h5-6,17,19-21H,7-13H2,1-4H3/t17-,19-,20-,21+,22-,23-/m1/s1. The lowest BCUT2D eigenvalue weighted by molar-refractivity contribution is -0.148. The van der Waals surface area contributed by atoms with Gasteiger partial charge in [0.05, 0.1) is 0 Å². The predicted molar refractivity (Wildman–Crippen MR) is 101 cm³/mol. The second-order valence-electron chi connectivity index (χ2n) is 9.64. The summed E-state index contributed by atoms with van der Waals surface area (Å²) in [5.41, 5.74) is 3.44. The van der Waals surface area contributed by atoms with Crippen LogP contribution in [-0.2, 0) is 14.3 Å². The Morgan fingerprint density at radius 1 is 1.00 bits per heavy atom. The van der Waals surface area contributed by atoms with Crippen molar-refractivity contribution in [3.05, 3.63) is 23.3 Å². The summed E-state index contributed by atoms with van der Waals surface area (Å²) in [6.45, 7) is 8.09. The third-order valence-corrected chi connectivity index (χ3v) is 8.35. The number of allylic oxidation sites excluding steroid dienone is 3. The molecule has 0 aromatic carbocycles. The smallest absolute Gasteiger partial charge is 0.302 e. The molecule has 3 nitrogen and oxygen atoms in total. The first kappa shape index (κ1) is 18.0. The van der Waals surface area contributed by atoms with Crippen LogP contribution < -0.4 is 0 Å². The zero-order valence-electron chi connectivity index (χ0n) is 16.6. The van der Waals surface area contributed by atoms with Crippen LogP contribution in [0.15, 0.2) is 23.3 Å². The van der Waals surface area contributed by atoms with Crippen LogP contribution in [0.4, 0.5) is 0 Å². The Morgan fingerprint density at radius 3 is 2.46 bits per heavy atom. The largest absolute Gasteiger partial charge is 0.462 e. The van der Waals surface area contributed by atoms with Crippen molar-refractivity contribution in [2.24, 2.45) is 28.6 Å². The highest BCUT2D eigenvalue weighted by Gasteiger charge is 2.57. The van der Waals surface area contributed by atoms with Crippen LogP contribution in [0.3, 0.4) is 0 Å². The van der Waals surface area contributed by atoms with Crippen LogP contribution in [-0.4, -0.2) is 17.9 Å². The van der Waals surface area contributed by atoms with Gasteiger partial charge >= 0.3 is 5.97 Å².